The monoisotopic (exact) mass is 247 g/mol. The second-order valence-corrected chi connectivity index (χ2v) is 3.33. The maximum Gasteiger partial charge on any atom is 0.337 e. The van der Waals surface area contributed by atoms with Gasteiger partial charge < -0.3 is 9.94 Å². The van der Waals surface area contributed by atoms with Crippen molar-refractivity contribution in [1.29, 1.82) is 0 Å². The predicted molar refractivity (Wildman–Crippen MR) is 58.0 cm³/mol. The molecule has 0 aliphatic heterocycles. The third-order valence-corrected chi connectivity index (χ3v) is 2.38. The van der Waals surface area contributed by atoms with Crippen LogP contribution in [0.5, 0.6) is 0 Å². The second-order valence-electron chi connectivity index (χ2n) is 2.54. The standard InChI is InChI=1S/C9H7Cl2NO3/c1-15-12-4-6-7(10)3-2-5(8(6)11)9(13)14/h2-4H,1H3,(H,13,14). The highest BCUT2D eigenvalue weighted by Crippen LogP contribution is 2.26. The molecule has 1 aromatic carbocycles. The molecular formula is C9H7Cl2NO3. The van der Waals surface area contributed by atoms with Crippen molar-refractivity contribution < 1.29 is 14.7 Å². The summed E-state index contributed by atoms with van der Waals surface area (Å²) in [6.45, 7) is 0. The summed E-state index contributed by atoms with van der Waals surface area (Å²) < 4.78 is 0. The van der Waals surface area contributed by atoms with Crippen LogP contribution in [0.25, 0.3) is 0 Å². The van der Waals surface area contributed by atoms with Crippen molar-refractivity contribution in [3.63, 3.8) is 0 Å². The van der Waals surface area contributed by atoms with Crippen LogP contribution in [0, 0.1) is 0 Å². The van der Waals surface area contributed by atoms with Gasteiger partial charge in [0.15, 0.2) is 0 Å². The molecule has 80 valence electrons. The molecule has 4 nitrogen and oxygen atoms in total. The Balaban J connectivity index is 3.30. The summed E-state index contributed by atoms with van der Waals surface area (Å²) in [5, 5.41) is 12.6. The smallest absolute Gasteiger partial charge is 0.337 e. The molecular weight excluding hydrogens is 241 g/mol. The number of carboxylic acids is 1. The zero-order valence-corrected chi connectivity index (χ0v) is 9.21. The van der Waals surface area contributed by atoms with E-state index in [1.54, 1.807) is 0 Å². The minimum absolute atomic E-state index is 0.0291. The Labute approximate surface area is 96.1 Å². The molecule has 15 heavy (non-hydrogen) atoms. The number of halogens is 2. The summed E-state index contributed by atoms with van der Waals surface area (Å²) in [4.78, 5) is 15.2. The number of carbonyl (C=O) groups is 1. The fourth-order valence-corrected chi connectivity index (χ4v) is 1.51. The molecule has 0 aliphatic carbocycles. The summed E-state index contributed by atoms with van der Waals surface area (Å²) in [5.41, 5.74) is 0.290. The lowest BCUT2D eigenvalue weighted by Gasteiger charge is -2.04. The Bertz CT molecular complexity index is 418. The largest absolute Gasteiger partial charge is 0.478 e. The second kappa shape index (κ2) is 5.00. The Hall–Kier alpha value is -1.26. The van der Waals surface area contributed by atoms with Gasteiger partial charge in [-0.15, -0.1) is 0 Å². The summed E-state index contributed by atoms with van der Waals surface area (Å²) in [6.07, 6.45) is 1.26. The van der Waals surface area contributed by atoms with Crippen molar-refractivity contribution in [1.82, 2.24) is 0 Å². The van der Waals surface area contributed by atoms with Crippen LogP contribution in [0.4, 0.5) is 0 Å². The van der Waals surface area contributed by atoms with E-state index in [1.165, 1.54) is 25.5 Å². The van der Waals surface area contributed by atoms with Gasteiger partial charge in [0, 0.05) is 5.56 Å². The molecule has 0 atom stereocenters. The van der Waals surface area contributed by atoms with Gasteiger partial charge in [0.05, 0.1) is 21.8 Å². The maximum absolute atomic E-state index is 10.8. The molecule has 0 heterocycles. The van der Waals surface area contributed by atoms with Crippen LogP contribution >= 0.6 is 23.2 Å². The summed E-state index contributed by atoms with van der Waals surface area (Å²) in [6, 6.07) is 2.77. The third kappa shape index (κ3) is 2.61. The molecule has 1 N–H and O–H groups in total. The number of hydrogen-bond acceptors (Lipinski definition) is 3. The van der Waals surface area contributed by atoms with E-state index in [0.29, 0.717) is 10.6 Å². The molecule has 0 unspecified atom stereocenters. The Kier molecular flexibility index (Phi) is 3.94. The minimum Gasteiger partial charge on any atom is -0.478 e. The molecule has 0 aromatic heterocycles. The number of benzene rings is 1. The quantitative estimate of drug-likeness (QED) is 0.660. The molecule has 6 heteroatoms. The van der Waals surface area contributed by atoms with Gasteiger partial charge in [-0.3, -0.25) is 0 Å². The van der Waals surface area contributed by atoms with E-state index in [4.69, 9.17) is 28.3 Å². The highest BCUT2D eigenvalue weighted by atomic mass is 35.5. The summed E-state index contributed by atoms with van der Waals surface area (Å²) in [5.74, 6) is -1.12. The maximum atomic E-state index is 10.8. The van der Waals surface area contributed by atoms with Crippen molar-refractivity contribution in [3.8, 4) is 0 Å². The van der Waals surface area contributed by atoms with Gasteiger partial charge >= 0.3 is 5.97 Å². The predicted octanol–water partition coefficient (Wildman–Crippen LogP) is 2.67. The first-order valence-electron chi connectivity index (χ1n) is 3.85. The minimum atomic E-state index is -1.12. The fraction of sp³-hybridized carbons (Fsp3) is 0.111. The van der Waals surface area contributed by atoms with E-state index in [0.717, 1.165) is 0 Å². The van der Waals surface area contributed by atoms with E-state index in [2.05, 4.69) is 9.99 Å². The topological polar surface area (TPSA) is 58.9 Å². The first kappa shape index (κ1) is 11.8. The number of hydrogen-bond donors (Lipinski definition) is 1. The molecule has 0 radical (unpaired) electrons. The molecule has 1 aromatic rings. The molecule has 0 amide bonds. The number of rotatable bonds is 3. The van der Waals surface area contributed by atoms with Crippen molar-refractivity contribution in [2.45, 2.75) is 0 Å². The third-order valence-electron chi connectivity index (χ3n) is 1.64. The first-order valence-corrected chi connectivity index (χ1v) is 4.61. The molecule has 1 rings (SSSR count). The van der Waals surface area contributed by atoms with E-state index < -0.39 is 5.97 Å². The Morgan fingerprint density at radius 1 is 1.53 bits per heavy atom. The van der Waals surface area contributed by atoms with Crippen LogP contribution in [0.15, 0.2) is 17.3 Å². The zero-order valence-electron chi connectivity index (χ0n) is 7.70. The van der Waals surface area contributed by atoms with E-state index in [9.17, 15) is 4.79 Å². The molecule has 0 saturated heterocycles. The van der Waals surface area contributed by atoms with Gasteiger partial charge in [-0.2, -0.15) is 0 Å². The van der Waals surface area contributed by atoms with Gasteiger partial charge in [0.25, 0.3) is 0 Å². The SMILES string of the molecule is CON=Cc1c(Cl)ccc(C(=O)O)c1Cl. The van der Waals surface area contributed by atoms with E-state index >= 15 is 0 Å². The number of oxime groups is 1. The van der Waals surface area contributed by atoms with Crippen molar-refractivity contribution in [3.05, 3.63) is 33.3 Å². The van der Waals surface area contributed by atoms with Crippen LogP contribution in [0.2, 0.25) is 10.0 Å². The van der Waals surface area contributed by atoms with Gasteiger partial charge in [0.2, 0.25) is 0 Å². The molecule has 0 bridgehead atoms. The number of nitrogens with zero attached hydrogens (tertiary/aromatic N) is 1. The lowest BCUT2D eigenvalue weighted by atomic mass is 10.1. The molecule has 0 fully saturated rings. The molecule has 0 aliphatic rings. The Morgan fingerprint density at radius 3 is 2.73 bits per heavy atom. The summed E-state index contributed by atoms with van der Waals surface area (Å²) >= 11 is 11.7. The fourth-order valence-electron chi connectivity index (χ4n) is 0.958. The average Bonchev–Trinajstić information content (AvgIpc) is 2.17. The van der Waals surface area contributed by atoms with Crippen molar-refractivity contribution in [2.75, 3.05) is 7.11 Å². The summed E-state index contributed by atoms with van der Waals surface area (Å²) in [7, 11) is 1.36. The van der Waals surface area contributed by atoms with Crippen molar-refractivity contribution in [2.24, 2.45) is 5.16 Å². The average molecular weight is 248 g/mol. The van der Waals surface area contributed by atoms with Crippen molar-refractivity contribution >= 4 is 35.4 Å². The van der Waals surface area contributed by atoms with Crippen LogP contribution in [-0.4, -0.2) is 24.4 Å². The van der Waals surface area contributed by atoms with Gasteiger partial charge in [-0.1, -0.05) is 28.4 Å². The normalized spacial score (nSPS) is 10.6. The van der Waals surface area contributed by atoms with E-state index in [-0.39, 0.29) is 10.6 Å². The number of carboxylic acid groups (broad SMARTS) is 1. The van der Waals surface area contributed by atoms with Gasteiger partial charge in [0.1, 0.15) is 7.11 Å². The Morgan fingerprint density at radius 2 is 2.20 bits per heavy atom. The van der Waals surface area contributed by atoms with E-state index in [1.807, 2.05) is 0 Å². The highest BCUT2D eigenvalue weighted by molar-refractivity contribution is 6.40. The highest BCUT2D eigenvalue weighted by Gasteiger charge is 2.14. The lowest BCUT2D eigenvalue weighted by Crippen LogP contribution is -2.00. The van der Waals surface area contributed by atoms with Gasteiger partial charge in [-0.05, 0) is 12.1 Å². The van der Waals surface area contributed by atoms with Crippen LogP contribution in [-0.2, 0) is 4.84 Å². The van der Waals surface area contributed by atoms with Gasteiger partial charge in [-0.25, -0.2) is 4.79 Å². The van der Waals surface area contributed by atoms with Crippen LogP contribution in [0.1, 0.15) is 15.9 Å². The molecule has 0 spiro atoms. The first-order chi connectivity index (χ1) is 7.07. The zero-order chi connectivity index (χ0) is 11.4. The van der Waals surface area contributed by atoms with Crippen LogP contribution < -0.4 is 0 Å². The number of aromatic carboxylic acids is 1. The van der Waals surface area contributed by atoms with Crippen LogP contribution in [0.3, 0.4) is 0 Å². The molecule has 0 saturated carbocycles. The lowest BCUT2D eigenvalue weighted by molar-refractivity contribution is 0.0697.